The molecule has 11 heteroatoms. The van der Waals surface area contributed by atoms with Gasteiger partial charge in [0.15, 0.2) is 0 Å². The van der Waals surface area contributed by atoms with Crippen molar-refractivity contribution < 1.29 is 22.3 Å². The zero-order valence-corrected chi connectivity index (χ0v) is 20.0. The van der Waals surface area contributed by atoms with E-state index in [1.807, 2.05) is 0 Å². The minimum atomic E-state index is -3.93. The van der Waals surface area contributed by atoms with Crippen LogP contribution in [0.15, 0.2) is 52.0 Å². The third-order valence-electron chi connectivity index (χ3n) is 5.31. The molecule has 3 aromatic rings. The first-order chi connectivity index (χ1) is 15.2. The van der Waals surface area contributed by atoms with Crippen molar-refractivity contribution >= 4 is 43.5 Å². The highest BCUT2D eigenvalue weighted by molar-refractivity contribution is 9.10. The first-order valence-electron chi connectivity index (χ1n) is 9.59. The maximum Gasteiger partial charge on any atom is 0.310 e. The molecule has 7 nitrogen and oxygen atoms in total. The van der Waals surface area contributed by atoms with Crippen molar-refractivity contribution in [3.63, 3.8) is 0 Å². The molecule has 0 radical (unpaired) electrons. The molecule has 0 saturated carbocycles. The molecule has 2 aromatic carbocycles. The second-order valence-electron chi connectivity index (χ2n) is 7.29. The molecule has 1 atom stereocenters. The van der Waals surface area contributed by atoms with E-state index in [1.54, 1.807) is 24.4 Å². The first kappa shape index (κ1) is 22.9. The van der Waals surface area contributed by atoms with Crippen LogP contribution in [0.2, 0.25) is 5.02 Å². The van der Waals surface area contributed by atoms with Crippen molar-refractivity contribution in [2.75, 3.05) is 20.2 Å². The first-order valence-corrected chi connectivity index (χ1v) is 12.2. The number of aromatic nitrogens is 2. The smallest absolute Gasteiger partial charge is 0.310 e. The Labute approximate surface area is 197 Å². The molecule has 2 heterocycles. The molecule has 0 aliphatic carbocycles. The normalized spacial score (nSPS) is 16.9. The van der Waals surface area contributed by atoms with Crippen LogP contribution in [0.3, 0.4) is 0 Å². The number of sulfonamides is 1. The molecule has 0 spiro atoms. The molecule has 1 fully saturated rings. The largest absolute Gasteiger partial charge is 0.469 e. The zero-order valence-electron chi connectivity index (χ0n) is 16.8. The predicted molar refractivity (Wildman–Crippen MR) is 121 cm³/mol. The monoisotopic (exact) mass is 541 g/mol. The number of rotatable bonds is 5. The molecule has 168 valence electrons. The fraction of sp³-hybridized carbons (Fsp3) is 0.238. The number of esters is 1. The van der Waals surface area contributed by atoms with Crippen LogP contribution in [-0.2, 0) is 19.6 Å². The number of carbonyl (C=O) groups is 1. The van der Waals surface area contributed by atoms with Crippen LogP contribution in [0, 0.1) is 11.7 Å². The van der Waals surface area contributed by atoms with Crippen LogP contribution in [-0.4, -0.2) is 48.9 Å². The second kappa shape index (κ2) is 8.93. The van der Waals surface area contributed by atoms with E-state index < -0.39 is 21.9 Å². The molecule has 1 saturated heterocycles. The summed E-state index contributed by atoms with van der Waals surface area (Å²) in [5, 5.41) is 0.0736. The van der Waals surface area contributed by atoms with Crippen molar-refractivity contribution in [2.24, 2.45) is 5.92 Å². The van der Waals surface area contributed by atoms with E-state index >= 15 is 0 Å². The van der Waals surface area contributed by atoms with Gasteiger partial charge in [0.1, 0.15) is 16.5 Å². The highest BCUT2D eigenvalue weighted by Gasteiger charge is 2.37. The Hall–Kier alpha value is -2.27. The molecule has 4 rings (SSSR count). The predicted octanol–water partition coefficient (Wildman–Crippen LogP) is 4.48. The minimum Gasteiger partial charge on any atom is -0.469 e. The van der Waals surface area contributed by atoms with Gasteiger partial charge >= 0.3 is 5.97 Å². The number of aromatic amines is 1. The van der Waals surface area contributed by atoms with Gasteiger partial charge in [0.2, 0.25) is 10.0 Å². The average Bonchev–Trinajstić information content (AvgIpc) is 3.46. The Morgan fingerprint density at radius 2 is 2.03 bits per heavy atom. The third-order valence-corrected chi connectivity index (χ3v) is 8.27. The van der Waals surface area contributed by atoms with E-state index in [-0.39, 0.29) is 28.8 Å². The fourth-order valence-electron chi connectivity index (χ4n) is 3.57. The number of benzene rings is 2. The zero-order chi connectivity index (χ0) is 23.0. The summed E-state index contributed by atoms with van der Waals surface area (Å²) in [6, 6.07) is 9.17. The molecule has 0 bridgehead atoms. The van der Waals surface area contributed by atoms with Crippen LogP contribution < -0.4 is 0 Å². The number of nitrogens with one attached hydrogen (secondary N) is 1. The van der Waals surface area contributed by atoms with Gasteiger partial charge in [0, 0.05) is 24.2 Å². The molecule has 1 aliphatic rings. The number of imidazole rings is 1. The van der Waals surface area contributed by atoms with Gasteiger partial charge in [-0.15, -0.1) is 0 Å². The number of methoxy groups -OCH3 is 1. The van der Waals surface area contributed by atoms with Crippen molar-refractivity contribution in [1.82, 2.24) is 14.3 Å². The van der Waals surface area contributed by atoms with Gasteiger partial charge in [-0.2, -0.15) is 4.31 Å². The highest BCUT2D eigenvalue weighted by Crippen LogP contribution is 2.33. The van der Waals surface area contributed by atoms with Gasteiger partial charge < -0.3 is 9.72 Å². The van der Waals surface area contributed by atoms with Crippen LogP contribution >= 0.6 is 27.5 Å². The molecule has 0 amide bonds. The van der Waals surface area contributed by atoms with Gasteiger partial charge in [0.05, 0.1) is 34.4 Å². The van der Waals surface area contributed by atoms with E-state index in [0.29, 0.717) is 33.5 Å². The van der Waals surface area contributed by atoms with E-state index in [1.165, 1.54) is 29.6 Å². The van der Waals surface area contributed by atoms with E-state index in [4.69, 9.17) is 16.3 Å². The van der Waals surface area contributed by atoms with Gasteiger partial charge in [0.25, 0.3) is 0 Å². The van der Waals surface area contributed by atoms with E-state index in [0.717, 1.165) is 0 Å². The maximum atomic E-state index is 13.5. The number of halogens is 3. The van der Waals surface area contributed by atoms with Crippen molar-refractivity contribution in [2.45, 2.75) is 11.3 Å². The minimum absolute atomic E-state index is 0.0416. The Balaban J connectivity index is 1.64. The lowest BCUT2D eigenvalue weighted by Gasteiger charge is -2.17. The standard InChI is InChI=1S/C21H18BrClFN3O4S/c1-31-21(28)14-6-7-27(11-14)32(29,30)19-9-13(2-4-16(19)23)20-25-10-18(26-20)12-3-5-17(24)15(22)8-12/h2-5,8-10,14H,6-7,11H2,1H3,(H,25,26)/t14-/m0/s1. The number of ether oxygens (including phenoxy) is 1. The van der Waals surface area contributed by atoms with Gasteiger partial charge in [-0.1, -0.05) is 11.6 Å². The van der Waals surface area contributed by atoms with Crippen LogP contribution in [0.5, 0.6) is 0 Å². The summed E-state index contributed by atoms with van der Waals surface area (Å²) < 4.78 is 46.2. The fourth-order valence-corrected chi connectivity index (χ4v) is 5.95. The second-order valence-corrected chi connectivity index (χ2v) is 10.5. The van der Waals surface area contributed by atoms with Gasteiger partial charge in [-0.3, -0.25) is 4.79 Å². The highest BCUT2D eigenvalue weighted by atomic mass is 79.9. The number of hydrogen-bond donors (Lipinski definition) is 1. The lowest BCUT2D eigenvalue weighted by molar-refractivity contribution is -0.144. The molecular formula is C21H18BrClFN3O4S. The lowest BCUT2D eigenvalue weighted by Crippen LogP contribution is -2.30. The van der Waals surface area contributed by atoms with Crippen LogP contribution in [0.25, 0.3) is 22.6 Å². The summed E-state index contributed by atoms with van der Waals surface area (Å²) in [7, 11) is -2.65. The van der Waals surface area contributed by atoms with E-state index in [9.17, 15) is 17.6 Å². The summed E-state index contributed by atoms with van der Waals surface area (Å²) in [6.45, 7) is 0.243. The summed E-state index contributed by atoms with van der Waals surface area (Å²) in [4.78, 5) is 19.2. The van der Waals surface area contributed by atoms with Gasteiger partial charge in [-0.25, -0.2) is 17.8 Å². The molecule has 32 heavy (non-hydrogen) atoms. The summed E-state index contributed by atoms with van der Waals surface area (Å²) in [6.07, 6.45) is 1.97. The number of hydrogen-bond acceptors (Lipinski definition) is 5. The van der Waals surface area contributed by atoms with Crippen LogP contribution in [0.4, 0.5) is 4.39 Å². The quantitative estimate of drug-likeness (QED) is 0.480. The molecule has 0 unspecified atom stereocenters. The van der Waals surface area contributed by atoms with Crippen molar-refractivity contribution in [3.8, 4) is 22.6 Å². The SMILES string of the molecule is COC(=O)[C@H]1CCN(S(=O)(=O)c2cc(-c3ncc(-c4ccc(F)c(Br)c4)[nH]3)ccc2Cl)C1. The lowest BCUT2D eigenvalue weighted by atomic mass is 10.1. The maximum absolute atomic E-state index is 13.5. The summed E-state index contributed by atoms with van der Waals surface area (Å²) in [5.41, 5.74) is 1.87. The third kappa shape index (κ3) is 4.32. The number of nitrogens with zero attached hydrogens (tertiary/aromatic N) is 2. The van der Waals surface area contributed by atoms with Crippen LogP contribution in [0.1, 0.15) is 6.42 Å². The summed E-state index contributed by atoms with van der Waals surface area (Å²) in [5.74, 6) is -0.877. The topological polar surface area (TPSA) is 92.4 Å². The van der Waals surface area contributed by atoms with E-state index in [2.05, 4.69) is 25.9 Å². The summed E-state index contributed by atoms with van der Waals surface area (Å²) >= 11 is 9.40. The number of carbonyl (C=O) groups excluding carboxylic acids is 1. The van der Waals surface area contributed by atoms with Gasteiger partial charge in [-0.05, 0) is 58.7 Å². The molecule has 1 aromatic heterocycles. The Morgan fingerprint density at radius 3 is 2.75 bits per heavy atom. The van der Waals surface area contributed by atoms with Crippen molar-refractivity contribution in [1.29, 1.82) is 0 Å². The average molecular weight is 543 g/mol. The molecule has 1 N–H and O–H groups in total. The molecule has 1 aliphatic heterocycles. The Morgan fingerprint density at radius 1 is 1.28 bits per heavy atom. The Bertz CT molecular complexity index is 1300. The van der Waals surface area contributed by atoms with Crippen molar-refractivity contribution in [3.05, 3.63) is 57.9 Å². The number of H-pyrrole nitrogens is 1. The molecular weight excluding hydrogens is 525 g/mol. The Kier molecular flexibility index (Phi) is 6.39.